The van der Waals surface area contributed by atoms with Crippen LogP contribution in [0.3, 0.4) is 0 Å². The molecule has 1 atom stereocenters. The Morgan fingerprint density at radius 3 is 2.22 bits per heavy atom. The van der Waals surface area contributed by atoms with Gasteiger partial charge in [-0.15, -0.1) is 10.2 Å². The lowest BCUT2D eigenvalue weighted by atomic mass is 9.84. The van der Waals surface area contributed by atoms with Crippen molar-refractivity contribution in [1.29, 1.82) is 0 Å². The van der Waals surface area contributed by atoms with Crippen LogP contribution >= 0.6 is 23.4 Å². The van der Waals surface area contributed by atoms with E-state index in [1.807, 2.05) is 23.9 Å². The van der Waals surface area contributed by atoms with Gasteiger partial charge in [0.1, 0.15) is 5.82 Å². The summed E-state index contributed by atoms with van der Waals surface area (Å²) in [6.07, 6.45) is 8.98. The number of benzene rings is 2. The van der Waals surface area contributed by atoms with Gasteiger partial charge in [0.2, 0.25) is 0 Å². The van der Waals surface area contributed by atoms with Crippen molar-refractivity contribution in [1.82, 2.24) is 14.8 Å². The molecule has 4 nitrogen and oxygen atoms in total. The third kappa shape index (κ3) is 4.69. The zero-order valence-electron chi connectivity index (χ0n) is 18.9. The van der Waals surface area contributed by atoms with Gasteiger partial charge in [0.05, 0.1) is 0 Å². The summed E-state index contributed by atoms with van der Waals surface area (Å²) in [6.45, 7) is 0. The summed E-state index contributed by atoms with van der Waals surface area (Å²) in [7, 11) is 4.15. The highest BCUT2D eigenvalue weighted by molar-refractivity contribution is 7.99. The Labute approximate surface area is 200 Å². The van der Waals surface area contributed by atoms with Crippen molar-refractivity contribution < 1.29 is 0 Å². The maximum Gasteiger partial charge on any atom is 0.196 e. The molecule has 6 heteroatoms. The van der Waals surface area contributed by atoms with Crippen LogP contribution in [-0.2, 0) is 0 Å². The highest BCUT2D eigenvalue weighted by Gasteiger charge is 2.33. The van der Waals surface area contributed by atoms with Gasteiger partial charge < -0.3 is 4.90 Å². The lowest BCUT2D eigenvalue weighted by molar-refractivity contribution is 0.351. The predicted octanol–water partition coefficient (Wildman–Crippen LogP) is 7.28. The molecule has 1 heterocycles. The molecule has 3 aromatic rings. The van der Waals surface area contributed by atoms with Crippen LogP contribution in [0, 0.1) is 5.92 Å². The normalized spacial score (nSPS) is 18.0. The number of hydrogen-bond donors (Lipinski definition) is 0. The topological polar surface area (TPSA) is 34.0 Å². The lowest BCUT2D eigenvalue weighted by Crippen LogP contribution is -2.15. The van der Waals surface area contributed by atoms with E-state index in [0.717, 1.165) is 21.7 Å². The number of hydrogen-bond acceptors (Lipinski definition) is 4. The minimum Gasteiger partial charge on any atom is -0.378 e. The van der Waals surface area contributed by atoms with Crippen LogP contribution in [0.1, 0.15) is 67.5 Å². The Kier molecular flexibility index (Phi) is 6.47. The zero-order valence-corrected chi connectivity index (χ0v) is 20.4. The molecule has 5 rings (SSSR count). The van der Waals surface area contributed by atoms with Gasteiger partial charge in [-0.2, -0.15) is 0 Å². The minimum absolute atomic E-state index is 0.364. The molecule has 0 saturated heterocycles. The van der Waals surface area contributed by atoms with Crippen molar-refractivity contribution in [3.05, 3.63) is 64.9 Å². The molecule has 168 valence electrons. The fourth-order valence-corrected chi connectivity index (χ4v) is 6.25. The summed E-state index contributed by atoms with van der Waals surface area (Å²) >= 11 is 8.10. The monoisotopic (exact) mass is 466 g/mol. The average Bonchev–Trinajstić information content (AvgIpc) is 3.58. The van der Waals surface area contributed by atoms with Crippen molar-refractivity contribution in [2.24, 2.45) is 5.92 Å². The standard InChI is InChI=1S/C26H31ClN4S/c1-30(2)22-14-16-23(17-15-22)31-25(20-8-9-20)28-29-26(31)32-24(18-6-4-3-5-7-18)19-10-12-21(27)13-11-19/h10-18,20,24H,3-9H2,1-2H3. The minimum atomic E-state index is 0.364. The van der Waals surface area contributed by atoms with E-state index in [0.29, 0.717) is 17.1 Å². The fourth-order valence-electron chi connectivity index (χ4n) is 4.75. The van der Waals surface area contributed by atoms with Gasteiger partial charge in [-0.25, -0.2) is 0 Å². The molecule has 0 bridgehead atoms. The van der Waals surface area contributed by atoms with E-state index < -0.39 is 0 Å². The second-order valence-corrected chi connectivity index (χ2v) is 10.9. The van der Waals surface area contributed by atoms with Gasteiger partial charge in [0.25, 0.3) is 0 Å². The van der Waals surface area contributed by atoms with Crippen LogP contribution in [0.15, 0.2) is 53.7 Å². The first-order valence-corrected chi connectivity index (χ1v) is 13.0. The van der Waals surface area contributed by atoms with Crippen LogP contribution in [0.5, 0.6) is 0 Å². The van der Waals surface area contributed by atoms with Crippen LogP contribution in [0.2, 0.25) is 5.02 Å². The van der Waals surface area contributed by atoms with Crippen molar-refractivity contribution in [2.75, 3.05) is 19.0 Å². The Morgan fingerprint density at radius 1 is 0.906 bits per heavy atom. The van der Waals surface area contributed by atoms with Crippen LogP contribution in [-0.4, -0.2) is 28.9 Å². The van der Waals surface area contributed by atoms with Crippen LogP contribution in [0.4, 0.5) is 5.69 Å². The van der Waals surface area contributed by atoms with E-state index in [9.17, 15) is 0 Å². The molecule has 1 aromatic heterocycles. The molecule has 0 spiro atoms. The number of aromatic nitrogens is 3. The Morgan fingerprint density at radius 2 is 1.59 bits per heavy atom. The SMILES string of the molecule is CN(C)c1ccc(-n2c(SC(c3ccc(Cl)cc3)C3CCCCC3)nnc2C2CC2)cc1. The third-order valence-corrected chi connectivity index (χ3v) is 8.37. The largest absolute Gasteiger partial charge is 0.378 e. The van der Waals surface area contributed by atoms with E-state index in [4.69, 9.17) is 16.7 Å². The van der Waals surface area contributed by atoms with E-state index in [1.165, 1.54) is 56.2 Å². The number of anilines is 1. The molecule has 0 radical (unpaired) electrons. The van der Waals surface area contributed by atoms with Crippen LogP contribution in [0.25, 0.3) is 5.69 Å². The molecular weight excluding hydrogens is 436 g/mol. The average molecular weight is 467 g/mol. The van der Waals surface area contributed by atoms with Gasteiger partial charge in [-0.1, -0.05) is 54.8 Å². The second-order valence-electron chi connectivity index (χ2n) is 9.35. The van der Waals surface area contributed by atoms with Gasteiger partial charge in [0.15, 0.2) is 5.16 Å². The van der Waals surface area contributed by atoms with E-state index in [2.05, 4.69) is 65.1 Å². The third-order valence-electron chi connectivity index (χ3n) is 6.73. The zero-order chi connectivity index (χ0) is 22.1. The first-order valence-electron chi connectivity index (χ1n) is 11.8. The molecule has 0 amide bonds. The fraction of sp³-hybridized carbons (Fsp3) is 0.462. The van der Waals surface area contributed by atoms with E-state index >= 15 is 0 Å². The molecule has 0 N–H and O–H groups in total. The predicted molar refractivity (Wildman–Crippen MR) is 134 cm³/mol. The highest BCUT2D eigenvalue weighted by Crippen LogP contribution is 2.48. The summed E-state index contributed by atoms with van der Waals surface area (Å²) in [6, 6.07) is 17.2. The second kappa shape index (κ2) is 9.48. The molecule has 2 aliphatic rings. The number of nitrogens with zero attached hydrogens (tertiary/aromatic N) is 4. The summed E-state index contributed by atoms with van der Waals surface area (Å²) in [5.74, 6) is 2.30. The summed E-state index contributed by atoms with van der Waals surface area (Å²) in [5.41, 5.74) is 3.70. The molecule has 2 aromatic carbocycles. The van der Waals surface area contributed by atoms with Crippen molar-refractivity contribution >= 4 is 29.1 Å². The Hall–Kier alpha value is -1.98. The van der Waals surface area contributed by atoms with Gasteiger partial charge in [-0.05, 0) is 73.6 Å². The molecule has 2 fully saturated rings. The van der Waals surface area contributed by atoms with Crippen molar-refractivity contribution in [3.63, 3.8) is 0 Å². The summed E-state index contributed by atoms with van der Waals surface area (Å²) in [4.78, 5) is 2.13. The lowest BCUT2D eigenvalue weighted by Gasteiger charge is -2.30. The Balaban J connectivity index is 1.51. The van der Waals surface area contributed by atoms with Crippen molar-refractivity contribution in [3.8, 4) is 5.69 Å². The van der Waals surface area contributed by atoms with Gasteiger partial charge in [-0.3, -0.25) is 4.57 Å². The number of thioether (sulfide) groups is 1. The van der Waals surface area contributed by atoms with E-state index in [1.54, 1.807) is 0 Å². The van der Waals surface area contributed by atoms with E-state index in [-0.39, 0.29) is 0 Å². The molecule has 1 unspecified atom stereocenters. The maximum atomic E-state index is 6.21. The highest BCUT2D eigenvalue weighted by atomic mass is 35.5. The Bertz CT molecular complexity index is 1030. The maximum absolute atomic E-state index is 6.21. The summed E-state index contributed by atoms with van der Waals surface area (Å²) in [5, 5.41) is 11.6. The van der Waals surface area contributed by atoms with Crippen LogP contribution < -0.4 is 4.90 Å². The van der Waals surface area contributed by atoms with Gasteiger partial charge >= 0.3 is 0 Å². The molecule has 2 saturated carbocycles. The van der Waals surface area contributed by atoms with Gasteiger partial charge in [0, 0.05) is 41.7 Å². The molecular formula is C26H31ClN4S. The molecule has 2 aliphatic carbocycles. The smallest absolute Gasteiger partial charge is 0.196 e. The molecule has 32 heavy (non-hydrogen) atoms. The molecule has 0 aliphatic heterocycles. The quantitative estimate of drug-likeness (QED) is 0.342. The van der Waals surface area contributed by atoms with Crippen molar-refractivity contribution in [2.45, 2.75) is 61.3 Å². The number of halogens is 1. The number of rotatable bonds is 7. The first-order chi connectivity index (χ1) is 15.6. The summed E-state index contributed by atoms with van der Waals surface area (Å²) < 4.78 is 2.31. The first kappa shape index (κ1) is 21.8.